The van der Waals surface area contributed by atoms with Crippen LogP contribution in [0.4, 0.5) is 0 Å². The molecular weight excluding hydrogens is 356 g/mol. The molecule has 0 atom stereocenters. The van der Waals surface area contributed by atoms with E-state index in [1.54, 1.807) is 6.07 Å². The number of aromatic nitrogens is 1. The first-order valence-electron chi connectivity index (χ1n) is 10.3. The largest absolute Gasteiger partial charge is 0.494 e. The second-order valence-electron chi connectivity index (χ2n) is 7.48. The molecule has 152 valence electrons. The quantitative estimate of drug-likeness (QED) is 0.648. The Balaban J connectivity index is 1.42. The van der Waals surface area contributed by atoms with Crippen LogP contribution in [-0.2, 0) is 4.79 Å². The maximum absolute atomic E-state index is 12.6. The van der Waals surface area contributed by atoms with Gasteiger partial charge < -0.3 is 19.7 Å². The number of nitrogens with one attached hydrogen (secondary N) is 1. The summed E-state index contributed by atoms with van der Waals surface area (Å²) in [7, 11) is 0. The number of amides is 1. The number of unbranched alkanes of at least 4 members (excludes halogenated alkanes) is 1. The lowest BCUT2D eigenvalue weighted by molar-refractivity contribution is -0.135. The molecule has 0 saturated heterocycles. The van der Waals surface area contributed by atoms with Gasteiger partial charge in [-0.1, -0.05) is 19.3 Å². The third-order valence-electron chi connectivity index (χ3n) is 5.43. The summed E-state index contributed by atoms with van der Waals surface area (Å²) in [6.45, 7) is 1.02. The number of fused-ring (bicyclic) bond motifs is 1. The number of ether oxygens (including phenoxy) is 1. The van der Waals surface area contributed by atoms with Crippen molar-refractivity contribution in [1.29, 1.82) is 0 Å². The van der Waals surface area contributed by atoms with E-state index in [0.717, 1.165) is 42.3 Å². The zero-order valence-corrected chi connectivity index (χ0v) is 16.4. The monoisotopic (exact) mass is 386 g/mol. The molecule has 1 aliphatic rings. The zero-order valence-electron chi connectivity index (χ0n) is 16.4. The van der Waals surface area contributed by atoms with Gasteiger partial charge in [-0.3, -0.25) is 9.59 Å². The van der Waals surface area contributed by atoms with Crippen molar-refractivity contribution < 1.29 is 14.6 Å². The topological polar surface area (TPSA) is 82.6 Å². The fourth-order valence-corrected chi connectivity index (χ4v) is 3.95. The molecule has 0 aliphatic heterocycles. The number of carbonyl (C=O) groups is 1. The number of hydrogen-bond donors (Lipinski definition) is 2. The van der Waals surface area contributed by atoms with Crippen molar-refractivity contribution in [3.8, 4) is 5.75 Å². The van der Waals surface area contributed by atoms with E-state index in [1.807, 2.05) is 23.1 Å². The molecule has 1 saturated carbocycles. The number of benzene rings is 1. The fourth-order valence-electron chi connectivity index (χ4n) is 3.95. The van der Waals surface area contributed by atoms with Gasteiger partial charge in [-0.25, -0.2) is 0 Å². The summed E-state index contributed by atoms with van der Waals surface area (Å²) >= 11 is 0. The lowest BCUT2D eigenvalue weighted by Crippen LogP contribution is -2.43. The number of carbonyl (C=O) groups excluding carboxylic acids is 1. The molecule has 3 rings (SSSR count). The van der Waals surface area contributed by atoms with Crippen LogP contribution in [0.5, 0.6) is 5.75 Å². The molecule has 2 aromatic rings. The molecule has 2 N–H and O–H groups in total. The molecule has 6 heteroatoms. The molecule has 1 aromatic heterocycles. The maximum atomic E-state index is 12.6. The summed E-state index contributed by atoms with van der Waals surface area (Å²) in [4.78, 5) is 28.6. The van der Waals surface area contributed by atoms with Gasteiger partial charge in [-0.05, 0) is 49.9 Å². The van der Waals surface area contributed by atoms with Gasteiger partial charge in [0.15, 0.2) is 0 Å². The first-order chi connectivity index (χ1) is 13.7. The van der Waals surface area contributed by atoms with Crippen molar-refractivity contribution in [2.24, 2.45) is 0 Å². The van der Waals surface area contributed by atoms with Gasteiger partial charge in [0.1, 0.15) is 5.75 Å². The van der Waals surface area contributed by atoms with E-state index in [1.165, 1.54) is 25.3 Å². The van der Waals surface area contributed by atoms with E-state index < -0.39 is 0 Å². The Hall–Kier alpha value is -2.34. The SMILES string of the molecule is O=C(CCCCOc1ccc2[nH]c(=O)ccc2c1)N(CCO)C1CCCCC1. The van der Waals surface area contributed by atoms with Crippen molar-refractivity contribution in [3.05, 3.63) is 40.7 Å². The third kappa shape index (κ3) is 5.58. The van der Waals surface area contributed by atoms with E-state index in [0.29, 0.717) is 25.6 Å². The van der Waals surface area contributed by atoms with Crippen molar-refractivity contribution in [2.75, 3.05) is 19.8 Å². The third-order valence-corrected chi connectivity index (χ3v) is 5.43. The van der Waals surface area contributed by atoms with Crippen LogP contribution < -0.4 is 10.3 Å². The molecule has 1 aliphatic carbocycles. The Kier molecular flexibility index (Phi) is 7.48. The number of rotatable bonds is 9. The average Bonchev–Trinajstić information content (AvgIpc) is 2.72. The summed E-state index contributed by atoms with van der Waals surface area (Å²) in [6.07, 6.45) is 7.78. The van der Waals surface area contributed by atoms with Crippen LogP contribution >= 0.6 is 0 Å². The average molecular weight is 386 g/mol. The molecule has 0 radical (unpaired) electrons. The number of aliphatic hydroxyl groups excluding tert-OH is 1. The van der Waals surface area contributed by atoms with Gasteiger partial charge >= 0.3 is 0 Å². The molecule has 28 heavy (non-hydrogen) atoms. The first kappa shape index (κ1) is 20.4. The molecule has 0 unspecified atom stereocenters. The second kappa shape index (κ2) is 10.3. The van der Waals surface area contributed by atoms with Crippen LogP contribution in [0.25, 0.3) is 10.9 Å². The lowest BCUT2D eigenvalue weighted by Gasteiger charge is -2.34. The number of aliphatic hydroxyl groups is 1. The molecule has 0 spiro atoms. The van der Waals surface area contributed by atoms with Crippen LogP contribution in [0.2, 0.25) is 0 Å². The smallest absolute Gasteiger partial charge is 0.248 e. The van der Waals surface area contributed by atoms with E-state index in [-0.39, 0.29) is 18.1 Å². The van der Waals surface area contributed by atoms with Crippen LogP contribution in [-0.4, -0.2) is 46.7 Å². The van der Waals surface area contributed by atoms with E-state index >= 15 is 0 Å². The van der Waals surface area contributed by atoms with E-state index in [4.69, 9.17) is 4.74 Å². The summed E-state index contributed by atoms with van der Waals surface area (Å²) in [5.74, 6) is 0.908. The molecule has 1 amide bonds. The van der Waals surface area contributed by atoms with Gasteiger partial charge in [0.05, 0.1) is 13.2 Å². The number of nitrogens with zero attached hydrogens (tertiary/aromatic N) is 1. The predicted molar refractivity (Wildman–Crippen MR) is 110 cm³/mol. The molecule has 1 fully saturated rings. The standard InChI is InChI=1S/C22H30N2O4/c25-14-13-24(18-6-2-1-3-7-18)22(27)8-4-5-15-28-19-10-11-20-17(16-19)9-12-21(26)23-20/h9-12,16,18,25H,1-8,13-15H2,(H,23,26). The molecule has 6 nitrogen and oxygen atoms in total. The molecule has 1 aromatic carbocycles. The highest BCUT2D eigenvalue weighted by Crippen LogP contribution is 2.23. The van der Waals surface area contributed by atoms with Crippen LogP contribution in [0.3, 0.4) is 0 Å². The molecule has 0 bridgehead atoms. The van der Waals surface area contributed by atoms with Crippen LogP contribution in [0.1, 0.15) is 51.4 Å². The minimum Gasteiger partial charge on any atom is -0.494 e. The Morgan fingerprint density at radius 2 is 1.96 bits per heavy atom. The molecular formula is C22H30N2O4. The summed E-state index contributed by atoms with van der Waals surface area (Å²) < 4.78 is 5.79. The summed E-state index contributed by atoms with van der Waals surface area (Å²) in [5.41, 5.74) is 0.673. The summed E-state index contributed by atoms with van der Waals surface area (Å²) in [6, 6.07) is 9.17. The van der Waals surface area contributed by atoms with Gasteiger partial charge in [0.2, 0.25) is 11.5 Å². The Labute approximate surface area is 165 Å². The van der Waals surface area contributed by atoms with Crippen molar-refractivity contribution in [2.45, 2.75) is 57.4 Å². The van der Waals surface area contributed by atoms with Gasteiger partial charge in [-0.2, -0.15) is 0 Å². The lowest BCUT2D eigenvalue weighted by atomic mass is 9.94. The van der Waals surface area contributed by atoms with Crippen LogP contribution in [0, 0.1) is 0 Å². The van der Waals surface area contributed by atoms with E-state index in [9.17, 15) is 14.7 Å². The minimum absolute atomic E-state index is 0.0264. The van der Waals surface area contributed by atoms with Gasteiger partial charge in [0, 0.05) is 36.0 Å². The Bertz CT molecular complexity index is 827. The predicted octanol–water partition coefficient (Wildman–Crippen LogP) is 3.23. The number of hydrogen-bond acceptors (Lipinski definition) is 4. The van der Waals surface area contributed by atoms with Gasteiger partial charge in [-0.15, -0.1) is 0 Å². The maximum Gasteiger partial charge on any atom is 0.248 e. The van der Waals surface area contributed by atoms with Gasteiger partial charge in [0.25, 0.3) is 0 Å². The van der Waals surface area contributed by atoms with Crippen molar-refractivity contribution in [1.82, 2.24) is 9.88 Å². The molecule has 1 heterocycles. The highest BCUT2D eigenvalue weighted by molar-refractivity contribution is 5.79. The fraction of sp³-hybridized carbons (Fsp3) is 0.545. The van der Waals surface area contributed by atoms with Crippen molar-refractivity contribution in [3.63, 3.8) is 0 Å². The first-order valence-corrected chi connectivity index (χ1v) is 10.3. The highest BCUT2D eigenvalue weighted by Gasteiger charge is 2.24. The Morgan fingerprint density at radius 1 is 1.14 bits per heavy atom. The number of aromatic amines is 1. The minimum atomic E-state index is -0.116. The highest BCUT2D eigenvalue weighted by atomic mass is 16.5. The zero-order chi connectivity index (χ0) is 19.8. The number of H-pyrrole nitrogens is 1. The Morgan fingerprint density at radius 3 is 2.75 bits per heavy atom. The number of pyridine rings is 1. The van der Waals surface area contributed by atoms with E-state index in [2.05, 4.69) is 4.98 Å². The summed E-state index contributed by atoms with van der Waals surface area (Å²) in [5, 5.41) is 10.2. The second-order valence-corrected chi connectivity index (χ2v) is 7.48. The van der Waals surface area contributed by atoms with Crippen molar-refractivity contribution >= 4 is 16.8 Å². The van der Waals surface area contributed by atoms with Crippen LogP contribution in [0.15, 0.2) is 35.1 Å². The normalized spacial score (nSPS) is 14.9.